The Hall–Kier alpha value is -0.710. The fraction of sp³-hybridized carbons (Fsp3) is 0.538. The van der Waals surface area contributed by atoms with Crippen molar-refractivity contribution in [3.05, 3.63) is 24.3 Å². The fourth-order valence-corrected chi connectivity index (χ4v) is 2.35. The smallest absolute Gasteiger partial charge is 0.119 e. The van der Waals surface area contributed by atoms with Crippen LogP contribution in [-0.4, -0.2) is 31.6 Å². The van der Waals surface area contributed by atoms with Crippen LogP contribution in [0.15, 0.2) is 29.2 Å². The van der Waals surface area contributed by atoms with Crippen LogP contribution in [0.1, 0.15) is 12.8 Å². The molecule has 2 atom stereocenters. The molecular formula is C13H19NO2S. The van der Waals surface area contributed by atoms with Crippen LogP contribution in [0, 0.1) is 0 Å². The van der Waals surface area contributed by atoms with Crippen molar-refractivity contribution < 1.29 is 9.47 Å². The number of hydrogen-bond donors (Lipinski definition) is 1. The summed E-state index contributed by atoms with van der Waals surface area (Å²) in [5, 5.41) is 0. The van der Waals surface area contributed by atoms with E-state index in [2.05, 4.69) is 18.4 Å². The van der Waals surface area contributed by atoms with Gasteiger partial charge in [0.25, 0.3) is 0 Å². The summed E-state index contributed by atoms with van der Waals surface area (Å²) in [4.78, 5) is 1.25. The van der Waals surface area contributed by atoms with Gasteiger partial charge < -0.3 is 15.2 Å². The third-order valence-corrected chi connectivity index (χ3v) is 3.70. The van der Waals surface area contributed by atoms with Crippen molar-refractivity contribution in [1.29, 1.82) is 0 Å². The van der Waals surface area contributed by atoms with Gasteiger partial charge in [0.1, 0.15) is 12.4 Å². The van der Waals surface area contributed by atoms with Crippen LogP contribution in [0.5, 0.6) is 5.75 Å². The molecule has 0 radical (unpaired) electrons. The van der Waals surface area contributed by atoms with Crippen LogP contribution in [0.3, 0.4) is 0 Å². The van der Waals surface area contributed by atoms with Gasteiger partial charge in [0.15, 0.2) is 0 Å². The minimum absolute atomic E-state index is 0.198. The zero-order valence-corrected chi connectivity index (χ0v) is 10.9. The summed E-state index contributed by atoms with van der Waals surface area (Å²) < 4.78 is 11.4. The van der Waals surface area contributed by atoms with E-state index in [1.54, 1.807) is 11.8 Å². The van der Waals surface area contributed by atoms with E-state index in [9.17, 15) is 0 Å². The zero-order valence-electron chi connectivity index (χ0n) is 10.1. The first-order chi connectivity index (χ1) is 8.31. The molecule has 3 nitrogen and oxygen atoms in total. The van der Waals surface area contributed by atoms with E-state index in [0.717, 1.165) is 18.6 Å². The number of nitrogens with two attached hydrogens (primary N) is 1. The molecule has 1 fully saturated rings. The topological polar surface area (TPSA) is 44.5 Å². The first-order valence-electron chi connectivity index (χ1n) is 5.94. The Balaban J connectivity index is 1.78. The van der Waals surface area contributed by atoms with Gasteiger partial charge >= 0.3 is 0 Å². The standard InChI is InChI=1S/C13H19NO2S/c1-17-13-6-4-10(5-7-13)15-9-12-3-2-11(8-14)16-12/h4-7,11-12H,2-3,8-9,14H2,1H3. The zero-order chi connectivity index (χ0) is 12.1. The van der Waals surface area contributed by atoms with E-state index >= 15 is 0 Å². The van der Waals surface area contributed by atoms with Crippen LogP contribution in [0.4, 0.5) is 0 Å². The van der Waals surface area contributed by atoms with Crippen molar-refractivity contribution in [2.24, 2.45) is 5.73 Å². The van der Waals surface area contributed by atoms with Gasteiger partial charge in [-0.05, 0) is 43.4 Å². The summed E-state index contributed by atoms with van der Waals surface area (Å²) in [6, 6.07) is 8.14. The molecule has 1 aromatic carbocycles. The van der Waals surface area contributed by atoms with Crippen LogP contribution >= 0.6 is 11.8 Å². The molecule has 0 spiro atoms. The van der Waals surface area contributed by atoms with Crippen LogP contribution < -0.4 is 10.5 Å². The number of benzene rings is 1. The molecule has 1 saturated heterocycles. The molecule has 0 aliphatic carbocycles. The van der Waals surface area contributed by atoms with E-state index in [1.807, 2.05) is 12.1 Å². The van der Waals surface area contributed by atoms with Crippen molar-refractivity contribution in [1.82, 2.24) is 0 Å². The van der Waals surface area contributed by atoms with Gasteiger partial charge in [-0.25, -0.2) is 0 Å². The summed E-state index contributed by atoms with van der Waals surface area (Å²) >= 11 is 1.73. The van der Waals surface area contributed by atoms with Gasteiger partial charge in [-0.1, -0.05) is 0 Å². The molecule has 2 unspecified atom stereocenters. The van der Waals surface area contributed by atoms with Crippen LogP contribution in [-0.2, 0) is 4.74 Å². The molecule has 1 heterocycles. The SMILES string of the molecule is CSc1ccc(OCC2CCC(CN)O2)cc1. The molecule has 94 valence electrons. The lowest BCUT2D eigenvalue weighted by atomic mass is 10.2. The van der Waals surface area contributed by atoms with Gasteiger partial charge in [0.05, 0.1) is 12.2 Å². The van der Waals surface area contributed by atoms with Gasteiger partial charge in [-0.15, -0.1) is 11.8 Å². The molecular weight excluding hydrogens is 234 g/mol. The van der Waals surface area contributed by atoms with Crippen molar-refractivity contribution >= 4 is 11.8 Å². The molecule has 1 aliphatic heterocycles. The molecule has 1 aromatic rings. The second-order valence-electron chi connectivity index (χ2n) is 4.18. The van der Waals surface area contributed by atoms with E-state index in [1.165, 1.54) is 4.90 Å². The highest BCUT2D eigenvalue weighted by Crippen LogP contribution is 2.22. The van der Waals surface area contributed by atoms with Gasteiger partial charge in [-0.2, -0.15) is 0 Å². The van der Waals surface area contributed by atoms with Crippen molar-refractivity contribution in [2.45, 2.75) is 29.9 Å². The monoisotopic (exact) mass is 253 g/mol. The molecule has 0 amide bonds. The highest BCUT2D eigenvalue weighted by atomic mass is 32.2. The Morgan fingerprint density at radius 3 is 2.59 bits per heavy atom. The van der Waals surface area contributed by atoms with Gasteiger partial charge in [0.2, 0.25) is 0 Å². The average Bonchev–Trinajstić information content (AvgIpc) is 2.85. The predicted molar refractivity (Wildman–Crippen MR) is 70.7 cm³/mol. The molecule has 0 saturated carbocycles. The number of thioether (sulfide) groups is 1. The number of hydrogen-bond acceptors (Lipinski definition) is 4. The lowest BCUT2D eigenvalue weighted by Crippen LogP contribution is -2.23. The second-order valence-corrected chi connectivity index (χ2v) is 5.06. The quantitative estimate of drug-likeness (QED) is 0.818. The van der Waals surface area contributed by atoms with Gasteiger partial charge in [-0.3, -0.25) is 0 Å². The van der Waals surface area contributed by atoms with Crippen molar-refractivity contribution in [2.75, 3.05) is 19.4 Å². The van der Waals surface area contributed by atoms with Crippen LogP contribution in [0.25, 0.3) is 0 Å². The van der Waals surface area contributed by atoms with E-state index in [4.69, 9.17) is 15.2 Å². The first-order valence-corrected chi connectivity index (χ1v) is 7.16. The highest BCUT2D eigenvalue weighted by molar-refractivity contribution is 7.98. The summed E-state index contributed by atoms with van der Waals surface area (Å²) in [6.45, 7) is 1.23. The van der Waals surface area contributed by atoms with E-state index in [0.29, 0.717) is 13.2 Å². The van der Waals surface area contributed by atoms with Gasteiger partial charge in [0, 0.05) is 11.4 Å². The van der Waals surface area contributed by atoms with E-state index in [-0.39, 0.29) is 12.2 Å². The maximum Gasteiger partial charge on any atom is 0.119 e. The normalized spacial score (nSPS) is 23.9. The molecule has 2 rings (SSSR count). The largest absolute Gasteiger partial charge is 0.491 e. The summed E-state index contributed by atoms with van der Waals surface area (Å²) in [5.74, 6) is 0.905. The summed E-state index contributed by atoms with van der Waals surface area (Å²) in [5.41, 5.74) is 5.57. The Kier molecular flexibility index (Phi) is 4.71. The summed E-state index contributed by atoms with van der Waals surface area (Å²) in [7, 11) is 0. The minimum atomic E-state index is 0.198. The minimum Gasteiger partial charge on any atom is -0.491 e. The Labute approximate surface area is 107 Å². The third-order valence-electron chi connectivity index (χ3n) is 2.95. The van der Waals surface area contributed by atoms with E-state index < -0.39 is 0 Å². The molecule has 1 aliphatic rings. The fourth-order valence-electron chi connectivity index (χ4n) is 1.94. The maximum atomic E-state index is 5.72. The molecule has 0 bridgehead atoms. The predicted octanol–water partition coefficient (Wildman–Crippen LogP) is 2.29. The van der Waals surface area contributed by atoms with Crippen molar-refractivity contribution in [3.8, 4) is 5.75 Å². The second kappa shape index (κ2) is 6.28. The summed E-state index contributed by atoms with van der Waals surface area (Å²) in [6.07, 6.45) is 4.59. The lowest BCUT2D eigenvalue weighted by Gasteiger charge is -2.13. The molecule has 4 heteroatoms. The third kappa shape index (κ3) is 3.63. The lowest BCUT2D eigenvalue weighted by molar-refractivity contribution is 0.0222. The average molecular weight is 253 g/mol. The first kappa shape index (κ1) is 12.7. The Morgan fingerprint density at radius 2 is 2.00 bits per heavy atom. The maximum absolute atomic E-state index is 5.72. The molecule has 17 heavy (non-hydrogen) atoms. The molecule has 0 aromatic heterocycles. The number of rotatable bonds is 5. The van der Waals surface area contributed by atoms with Crippen molar-refractivity contribution in [3.63, 3.8) is 0 Å². The Bertz CT molecular complexity index is 342. The van der Waals surface area contributed by atoms with Crippen LogP contribution in [0.2, 0.25) is 0 Å². The Morgan fingerprint density at radius 1 is 1.29 bits per heavy atom. The molecule has 2 N–H and O–H groups in total. The highest BCUT2D eigenvalue weighted by Gasteiger charge is 2.24. The number of ether oxygens (including phenoxy) is 2.